The van der Waals surface area contributed by atoms with E-state index >= 15 is 0 Å². The molecule has 0 aliphatic heterocycles. The zero-order chi connectivity index (χ0) is 23.5. The molecule has 5 rings (SSSR count). The molecule has 1 fully saturated rings. The van der Waals surface area contributed by atoms with Gasteiger partial charge in [0.05, 0.1) is 11.0 Å². The van der Waals surface area contributed by atoms with Gasteiger partial charge in [0, 0.05) is 38.5 Å². The predicted octanol–water partition coefficient (Wildman–Crippen LogP) is 5.13. The van der Waals surface area contributed by atoms with E-state index in [9.17, 15) is 4.79 Å². The average molecular weight is 466 g/mol. The first-order valence-electron chi connectivity index (χ1n) is 12.0. The van der Waals surface area contributed by atoms with Crippen molar-refractivity contribution in [3.05, 3.63) is 29.0 Å². The van der Waals surface area contributed by atoms with Gasteiger partial charge in [0.1, 0.15) is 12.4 Å². The molecule has 3 aromatic rings. The van der Waals surface area contributed by atoms with Crippen LogP contribution in [-0.2, 0) is 29.1 Å². The average Bonchev–Trinajstić information content (AvgIpc) is 3.02. The lowest BCUT2D eigenvalue weighted by Crippen LogP contribution is -2.23. The molecule has 2 atom stereocenters. The first-order chi connectivity index (χ1) is 15.5. The molecule has 2 aliphatic carbocycles. The van der Waals surface area contributed by atoms with Gasteiger partial charge in [0.15, 0.2) is 5.82 Å². The molecule has 2 N–H and O–H groups in total. The zero-order valence-corrected chi connectivity index (χ0v) is 21.6. The maximum absolute atomic E-state index is 11.6. The van der Waals surface area contributed by atoms with E-state index in [-0.39, 0.29) is 5.91 Å². The molecule has 0 saturated heterocycles. The number of hydrogen-bond acceptors (Lipinski definition) is 4. The number of anilines is 1. The Hall–Kier alpha value is -2.45. The Morgan fingerprint density at radius 2 is 2.15 bits per heavy atom. The molecule has 1 aromatic carbocycles. The van der Waals surface area contributed by atoms with E-state index in [1.165, 1.54) is 24.6 Å². The van der Waals surface area contributed by atoms with Crippen LogP contribution < -0.4 is 5.32 Å². The standard InChI is InChI=1S/C25H35N5O2Si/c1-15-9-20-21(11-19(15)26-16(2)31)28-24(27-20)23-18-10-17-12-25(17,3)13-22(18)30(29-23)14-32-7-8-33(4,5)6/h9,11,17H,7-8,10,12-14H2,1-6H3,(H,26,31)(H,27,28)/t17-,25-/m1/s1. The van der Waals surface area contributed by atoms with Gasteiger partial charge in [-0.3, -0.25) is 4.79 Å². The van der Waals surface area contributed by atoms with Crippen LogP contribution >= 0.6 is 0 Å². The van der Waals surface area contributed by atoms with Crippen LogP contribution in [0, 0.1) is 18.3 Å². The van der Waals surface area contributed by atoms with E-state index in [4.69, 9.17) is 14.8 Å². The number of nitrogens with zero attached hydrogens (tertiary/aromatic N) is 3. The molecular formula is C25H35N5O2Si. The van der Waals surface area contributed by atoms with Crippen molar-refractivity contribution in [1.29, 1.82) is 0 Å². The molecule has 0 radical (unpaired) electrons. The fourth-order valence-corrected chi connectivity index (χ4v) is 5.80. The number of rotatable bonds is 7. The number of carbonyl (C=O) groups excluding carboxylic acids is 1. The van der Waals surface area contributed by atoms with Gasteiger partial charge in [-0.25, -0.2) is 9.67 Å². The zero-order valence-electron chi connectivity index (χ0n) is 20.6. The monoisotopic (exact) mass is 465 g/mol. The van der Waals surface area contributed by atoms with Gasteiger partial charge in [-0.2, -0.15) is 5.10 Å². The summed E-state index contributed by atoms with van der Waals surface area (Å²) in [6.45, 7) is 14.3. The number of aromatic amines is 1. The van der Waals surface area contributed by atoms with Crippen molar-refractivity contribution in [2.75, 3.05) is 11.9 Å². The minimum Gasteiger partial charge on any atom is -0.360 e. The van der Waals surface area contributed by atoms with Crippen molar-refractivity contribution in [2.24, 2.45) is 11.3 Å². The second-order valence-corrected chi connectivity index (χ2v) is 17.1. The molecule has 0 spiro atoms. The number of carbonyl (C=O) groups is 1. The molecule has 2 heterocycles. The predicted molar refractivity (Wildman–Crippen MR) is 134 cm³/mol. The number of benzene rings is 1. The van der Waals surface area contributed by atoms with Crippen LogP contribution in [0.2, 0.25) is 25.7 Å². The van der Waals surface area contributed by atoms with E-state index in [1.807, 2.05) is 19.1 Å². The van der Waals surface area contributed by atoms with Crippen LogP contribution in [0.15, 0.2) is 12.1 Å². The molecule has 1 saturated carbocycles. The number of hydrogen-bond donors (Lipinski definition) is 2. The topological polar surface area (TPSA) is 84.8 Å². The van der Waals surface area contributed by atoms with Crippen LogP contribution in [0.25, 0.3) is 22.6 Å². The summed E-state index contributed by atoms with van der Waals surface area (Å²) in [4.78, 5) is 19.9. The highest BCUT2D eigenvalue weighted by molar-refractivity contribution is 6.76. The van der Waals surface area contributed by atoms with E-state index in [0.717, 1.165) is 65.2 Å². The Labute approximate surface area is 196 Å². The third kappa shape index (κ3) is 4.38. The molecule has 0 unspecified atom stereocenters. The van der Waals surface area contributed by atoms with Gasteiger partial charge < -0.3 is 15.0 Å². The maximum atomic E-state index is 11.6. The summed E-state index contributed by atoms with van der Waals surface area (Å²) in [5, 5.41) is 7.91. The lowest BCUT2D eigenvalue weighted by atomic mass is 9.87. The van der Waals surface area contributed by atoms with E-state index in [2.05, 4.69) is 41.5 Å². The molecule has 0 bridgehead atoms. The number of ether oxygens (including phenoxy) is 1. The minimum absolute atomic E-state index is 0.0772. The van der Waals surface area contributed by atoms with Gasteiger partial charge in [0.25, 0.3) is 0 Å². The number of nitrogens with one attached hydrogen (secondary N) is 2. The fraction of sp³-hybridized carbons (Fsp3) is 0.560. The largest absolute Gasteiger partial charge is 0.360 e. The Morgan fingerprint density at radius 1 is 1.36 bits per heavy atom. The summed E-state index contributed by atoms with van der Waals surface area (Å²) in [6.07, 6.45) is 3.41. The van der Waals surface area contributed by atoms with Crippen LogP contribution in [0.4, 0.5) is 5.69 Å². The van der Waals surface area contributed by atoms with E-state index < -0.39 is 8.07 Å². The van der Waals surface area contributed by atoms with E-state index in [0.29, 0.717) is 12.1 Å². The number of amides is 1. The minimum atomic E-state index is -1.12. The van der Waals surface area contributed by atoms with Gasteiger partial charge in [0.2, 0.25) is 5.91 Å². The second kappa shape index (κ2) is 7.80. The Morgan fingerprint density at radius 3 is 2.88 bits per heavy atom. The molecule has 1 amide bonds. The summed E-state index contributed by atoms with van der Waals surface area (Å²) in [5.74, 6) is 1.46. The van der Waals surface area contributed by atoms with Gasteiger partial charge in [-0.15, -0.1) is 0 Å². The number of imidazole rings is 1. The first-order valence-corrected chi connectivity index (χ1v) is 15.7. The van der Waals surface area contributed by atoms with Gasteiger partial charge in [-0.1, -0.05) is 26.6 Å². The SMILES string of the molecule is CC(=O)Nc1cc2[nH]c(-c3nn(COCC[Si](C)(C)C)c4c3C[C@@H]3C[C@]3(C)C4)nc2cc1C. The van der Waals surface area contributed by atoms with Crippen LogP contribution in [0.5, 0.6) is 0 Å². The Bertz CT molecular complexity index is 1240. The van der Waals surface area contributed by atoms with Gasteiger partial charge in [-0.05, 0) is 61.3 Å². The van der Waals surface area contributed by atoms with Crippen molar-refractivity contribution in [3.63, 3.8) is 0 Å². The third-order valence-electron chi connectivity index (χ3n) is 7.30. The fourth-order valence-electron chi connectivity index (χ4n) is 5.04. The molecule has 8 heteroatoms. The molecule has 7 nitrogen and oxygen atoms in total. The van der Waals surface area contributed by atoms with Crippen molar-refractivity contribution >= 4 is 30.7 Å². The highest BCUT2D eigenvalue weighted by atomic mass is 28.3. The van der Waals surface area contributed by atoms with E-state index in [1.54, 1.807) is 0 Å². The third-order valence-corrected chi connectivity index (χ3v) is 9.00. The highest BCUT2D eigenvalue weighted by Gasteiger charge is 2.54. The highest BCUT2D eigenvalue weighted by Crippen LogP contribution is 2.60. The van der Waals surface area contributed by atoms with Crippen molar-refractivity contribution in [3.8, 4) is 11.5 Å². The molecule has 2 aromatic heterocycles. The van der Waals surface area contributed by atoms with Crippen molar-refractivity contribution in [2.45, 2.75) is 72.4 Å². The Kier molecular flexibility index (Phi) is 5.28. The number of H-pyrrole nitrogens is 1. The summed E-state index contributed by atoms with van der Waals surface area (Å²) in [6, 6.07) is 5.13. The normalized spacial score (nSPS) is 21.7. The quantitative estimate of drug-likeness (QED) is 0.374. The van der Waals surface area contributed by atoms with Crippen LogP contribution in [-0.4, -0.2) is 40.3 Å². The van der Waals surface area contributed by atoms with Crippen LogP contribution in [0.1, 0.15) is 37.1 Å². The first kappa shape index (κ1) is 22.3. The summed E-state index contributed by atoms with van der Waals surface area (Å²) < 4.78 is 8.16. The van der Waals surface area contributed by atoms with Crippen molar-refractivity contribution < 1.29 is 9.53 Å². The number of aryl methyl sites for hydroxylation is 1. The second-order valence-electron chi connectivity index (χ2n) is 11.5. The smallest absolute Gasteiger partial charge is 0.221 e. The number of fused-ring (bicyclic) bond motifs is 3. The molecule has 176 valence electrons. The Balaban J connectivity index is 1.48. The maximum Gasteiger partial charge on any atom is 0.221 e. The summed E-state index contributed by atoms with van der Waals surface area (Å²) in [7, 11) is -1.12. The summed E-state index contributed by atoms with van der Waals surface area (Å²) >= 11 is 0. The molecular weight excluding hydrogens is 430 g/mol. The summed E-state index contributed by atoms with van der Waals surface area (Å²) in [5.41, 5.74) is 7.59. The lowest BCUT2D eigenvalue weighted by Gasteiger charge is -2.20. The van der Waals surface area contributed by atoms with Crippen LogP contribution in [0.3, 0.4) is 0 Å². The molecule has 2 aliphatic rings. The van der Waals surface area contributed by atoms with Gasteiger partial charge >= 0.3 is 0 Å². The van der Waals surface area contributed by atoms with Crippen molar-refractivity contribution in [1.82, 2.24) is 19.7 Å². The molecule has 33 heavy (non-hydrogen) atoms. The number of aromatic nitrogens is 4. The lowest BCUT2D eigenvalue weighted by molar-refractivity contribution is -0.114.